The second-order valence-electron chi connectivity index (χ2n) is 1.79. The highest BCUT2D eigenvalue weighted by atomic mass is 32.1. The summed E-state index contributed by atoms with van der Waals surface area (Å²) in [5, 5.41) is 0. The van der Waals surface area contributed by atoms with Crippen LogP contribution in [0.1, 0.15) is 0 Å². The number of hydrogen-bond donors (Lipinski definition) is 2. The Morgan fingerprint density at radius 1 is 1.00 bits per heavy atom. The van der Waals surface area contributed by atoms with Crippen molar-refractivity contribution in [1.82, 2.24) is 0 Å². The van der Waals surface area contributed by atoms with Gasteiger partial charge in [-0.05, 0) is 38.0 Å². The van der Waals surface area contributed by atoms with E-state index in [9.17, 15) is 0 Å². The van der Waals surface area contributed by atoms with Gasteiger partial charge in [-0.3, -0.25) is 0 Å². The van der Waals surface area contributed by atoms with Gasteiger partial charge in [0.05, 0.1) is 0 Å². The molecule has 0 aliphatic heterocycles. The molecule has 0 bridgehead atoms. The average molecular weight is 222 g/mol. The normalized spacial score (nSPS) is 10.2. The molecule has 3 nitrogen and oxygen atoms in total. The van der Waals surface area contributed by atoms with Gasteiger partial charge < -0.3 is 4.52 Å². The molecule has 0 atom stereocenters. The Kier molecular flexibility index (Phi) is 4.80. The van der Waals surface area contributed by atoms with Crippen LogP contribution in [0.4, 0.5) is 0 Å². The third-order valence-corrected chi connectivity index (χ3v) is 2.48. The Morgan fingerprint density at radius 3 is 2.08 bits per heavy atom. The van der Waals surface area contributed by atoms with Crippen molar-refractivity contribution in [3.8, 4) is 5.75 Å². The summed E-state index contributed by atoms with van der Waals surface area (Å²) in [5.74, 6) is 0.659. The lowest BCUT2D eigenvalue weighted by atomic mass is 10.3. The third-order valence-electron chi connectivity index (χ3n) is 1.06. The molecule has 12 heavy (non-hydrogen) atoms. The van der Waals surface area contributed by atoms with Crippen LogP contribution in [0.3, 0.4) is 0 Å². The number of rotatable bonds is 4. The number of thiol groups is 2. The standard InChI is InChI=1S/C6H7O3PS2/c11-8-10(9-12)7-6-4-2-1-3-5-6/h1-5,11-12H. The van der Waals surface area contributed by atoms with Gasteiger partial charge in [0.2, 0.25) is 0 Å². The van der Waals surface area contributed by atoms with E-state index in [4.69, 9.17) is 4.52 Å². The van der Waals surface area contributed by atoms with Gasteiger partial charge in [-0.1, -0.05) is 18.2 Å². The first-order valence-corrected chi connectivity index (χ1v) is 4.85. The molecule has 0 saturated carbocycles. The van der Waals surface area contributed by atoms with Crippen LogP contribution in [-0.4, -0.2) is 0 Å². The maximum Gasteiger partial charge on any atom is 0.421 e. The van der Waals surface area contributed by atoms with Crippen LogP contribution in [0.2, 0.25) is 0 Å². The summed E-state index contributed by atoms with van der Waals surface area (Å²) in [4.78, 5) is 0. The largest absolute Gasteiger partial charge is 0.426 e. The van der Waals surface area contributed by atoms with E-state index in [0.29, 0.717) is 5.75 Å². The summed E-state index contributed by atoms with van der Waals surface area (Å²) in [6.07, 6.45) is 0. The van der Waals surface area contributed by atoms with E-state index < -0.39 is 8.60 Å². The summed E-state index contributed by atoms with van der Waals surface area (Å²) >= 11 is 7.11. The van der Waals surface area contributed by atoms with E-state index >= 15 is 0 Å². The molecule has 1 aromatic carbocycles. The molecule has 0 spiro atoms. The molecule has 0 aliphatic carbocycles. The van der Waals surface area contributed by atoms with E-state index in [1.807, 2.05) is 18.2 Å². The zero-order valence-electron chi connectivity index (χ0n) is 5.95. The molecule has 66 valence electrons. The van der Waals surface area contributed by atoms with Gasteiger partial charge in [0.25, 0.3) is 0 Å². The van der Waals surface area contributed by atoms with Gasteiger partial charge in [0.15, 0.2) is 0 Å². The minimum absolute atomic E-state index is 0.659. The van der Waals surface area contributed by atoms with E-state index in [0.717, 1.165) is 0 Å². The number of benzene rings is 1. The van der Waals surface area contributed by atoms with Crippen molar-refractivity contribution in [3.63, 3.8) is 0 Å². The first kappa shape index (κ1) is 10.2. The maximum absolute atomic E-state index is 5.18. The second kappa shape index (κ2) is 5.67. The SMILES string of the molecule is SOP(OS)Oc1ccccc1. The molecular weight excluding hydrogens is 215 g/mol. The van der Waals surface area contributed by atoms with Gasteiger partial charge in [0, 0.05) is 0 Å². The molecule has 1 aromatic rings. The first-order chi connectivity index (χ1) is 5.86. The highest BCUT2D eigenvalue weighted by Crippen LogP contribution is 2.42. The molecular formula is C6H7O3PS2. The van der Waals surface area contributed by atoms with Crippen molar-refractivity contribution in [1.29, 1.82) is 0 Å². The number of hydrogen-bond acceptors (Lipinski definition) is 5. The van der Waals surface area contributed by atoms with Crippen LogP contribution in [0.25, 0.3) is 0 Å². The van der Waals surface area contributed by atoms with Crippen molar-refractivity contribution in [2.45, 2.75) is 0 Å². The Balaban J connectivity index is 2.51. The smallest absolute Gasteiger partial charge is 0.421 e. The van der Waals surface area contributed by atoms with Crippen LogP contribution < -0.4 is 4.52 Å². The highest BCUT2D eigenvalue weighted by molar-refractivity contribution is 7.84. The predicted octanol–water partition coefficient (Wildman–Crippen LogP) is 3.02. The van der Waals surface area contributed by atoms with Crippen molar-refractivity contribution in [2.24, 2.45) is 0 Å². The van der Waals surface area contributed by atoms with Crippen molar-refractivity contribution < 1.29 is 12.5 Å². The fourth-order valence-electron chi connectivity index (χ4n) is 0.616. The molecule has 0 aliphatic rings. The summed E-state index contributed by atoms with van der Waals surface area (Å²) in [7, 11) is -1.50. The summed E-state index contributed by atoms with van der Waals surface area (Å²) in [5.41, 5.74) is 0. The monoisotopic (exact) mass is 222 g/mol. The van der Waals surface area contributed by atoms with Crippen molar-refractivity contribution in [3.05, 3.63) is 30.3 Å². The van der Waals surface area contributed by atoms with Crippen LogP contribution in [0.5, 0.6) is 5.75 Å². The quantitative estimate of drug-likeness (QED) is 0.466. The molecule has 6 heteroatoms. The van der Waals surface area contributed by atoms with Crippen LogP contribution in [0.15, 0.2) is 30.3 Å². The summed E-state index contributed by atoms with van der Waals surface area (Å²) in [6, 6.07) is 9.15. The van der Waals surface area contributed by atoms with Crippen molar-refractivity contribution in [2.75, 3.05) is 0 Å². The Hall–Kier alpha value is 0.0700. The topological polar surface area (TPSA) is 27.7 Å². The van der Waals surface area contributed by atoms with E-state index in [1.165, 1.54) is 0 Å². The zero-order chi connectivity index (χ0) is 8.81. The summed E-state index contributed by atoms with van der Waals surface area (Å²) < 4.78 is 14.3. The van der Waals surface area contributed by atoms with E-state index in [-0.39, 0.29) is 0 Å². The van der Waals surface area contributed by atoms with Crippen LogP contribution in [0, 0.1) is 0 Å². The predicted molar refractivity (Wildman–Crippen MR) is 54.1 cm³/mol. The molecule has 0 aromatic heterocycles. The number of para-hydroxylation sites is 1. The second-order valence-corrected chi connectivity index (χ2v) is 3.73. The van der Waals surface area contributed by atoms with Crippen molar-refractivity contribution >= 4 is 34.4 Å². The lowest BCUT2D eigenvalue weighted by molar-refractivity contribution is 0.442. The molecule has 0 heterocycles. The van der Waals surface area contributed by atoms with Gasteiger partial charge in [-0.2, -0.15) is 0 Å². The fourth-order valence-corrected chi connectivity index (χ4v) is 1.56. The Labute approximate surface area is 83.3 Å². The van der Waals surface area contributed by atoms with Gasteiger partial charge >= 0.3 is 8.60 Å². The molecule has 0 amide bonds. The first-order valence-electron chi connectivity index (χ1n) is 3.03. The zero-order valence-corrected chi connectivity index (χ0v) is 8.64. The fraction of sp³-hybridized carbons (Fsp3) is 0. The maximum atomic E-state index is 5.18. The Morgan fingerprint density at radius 2 is 1.58 bits per heavy atom. The highest BCUT2D eigenvalue weighted by Gasteiger charge is 2.10. The molecule has 0 unspecified atom stereocenters. The van der Waals surface area contributed by atoms with E-state index in [2.05, 4.69) is 33.8 Å². The van der Waals surface area contributed by atoms with E-state index in [1.54, 1.807) is 12.1 Å². The van der Waals surface area contributed by atoms with Crippen LogP contribution >= 0.6 is 34.4 Å². The van der Waals surface area contributed by atoms with Crippen LogP contribution in [-0.2, 0) is 7.94 Å². The molecule has 0 saturated heterocycles. The van der Waals surface area contributed by atoms with Gasteiger partial charge in [-0.25, -0.2) is 7.94 Å². The van der Waals surface area contributed by atoms with Gasteiger partial charge in [0.1, 0.15) is 5.75 Å². The minimum Gasteiger partial charge on any atom is -0.426 e. The molecule has 0 radical (unpaired) electrons. The lowest BCUT2D eigenvalue weighted by Gasteiger charge is -2.09. The molecule has 1 rings (SSSR count). The lowest BCUT2D eigenvalue weighted by Crippen LogP contribution is -1.86. The van der Waals surface area contributed by atoms with Gasteiger partial charge in [-0.15, -0.1) is 0 Å². The Bertz CT molecular complexity index is 217. The third kappa shape index (κ3) is 3.21. The minimum atomic E-state index is -1.50. The summed E-state index contributed by atoms with van der Waals surface area (Å²) in [6.45, 7) is 0. The molecule has 0 N–H and O–H groups in total. The average Bonchev–Trinajstić information content (AvgIpc) is 2.16. The molecule has 0 fully saturated rings.